The van der Waals surface area contributed by atoms with Gasteiger partial charge in [-0.3, -0.25) is 4.79 Å². The lowest BCUT2D eigenvalue weighted by molar-refractivity contribution is -0.119. The zero-order chi connectivity index (χ0) is 17.8. The number of nitrogens with zero attached hydrogens (tertiary/aromatic N) is 1. The normalized spacial score (nSPS) is 12.8. The third-order valence-electron chi connectivity index (χ3n) is 3.91. The van der Waals surface area contributed by atoms with Crippen LogP contribution in [0.3, 0.4) is 0 Å². The second-order valence-corrected chi connectivity index (χ2v) is 7.27. The number of halogens is 1. The van der Waals surface area contributed by atoms with Gasteiger partial charge in [0.1, 0.15) is 10.9 Å². The number of rotatable bonds is 4. The van der Waals surface area contributed by atoms with Gasteiger partial charge < -0.3 is 10.1 Å². The van der Waals surface area contributed by atoms with Crippen LogP contribution in [-0.4, -0.2) is 18.5 Å². The van der Waals surface area contributed by atoms with Gasteiger partial charge in [-0.05, 0) is 55.5 Å². The zero-order valence-electron chi connectivity index (χ0n) is 13.3. The van der Waals surface area contributed by atoms with Gasteiger partial charge in [0, 0.05) is 9.90 Å². The Morgan fingerprint density at radius 2 is 2.08 bits per heavy atom. The first-order valence-electron chi connectivity index (χ1n) is 7.85. The van der Waals surface area contributed by atoms with E-state index in [1.165, 1.54) is 33.9 Å². The maximum Gasteiger partial charge on any atom is 0.348 e. The monoisotopic (exact) mass is 374 g/mol. The first kappa shape index (κ1) is 17.5. The fourth-order valence-corrected chi connectivity index (χ4v) is 4.02. The number of carbonyl (C=O) groups excluding carboxylic acids is 2. The molecule has 0 spiro atoms. The lowest BCUT2D eigenvalue weighted by Crippen LogP contribution is -2.21. The average Bonchev–Trinajstić information content (AvgIpc) is 3.04. The molecule has 1 aromatic heterocycles. The third kappa shape index (κ3) is 4.19. The molecule has 0 atom stereocenters. The summed E-state index contributed by atoms with van der Waals surface area (Å²) >= 11 is 7.31. The van der Waals surface area contributed by atoms with Gasteiger partial charge in [-0.25, -0.2) is 4.79 Å². The molecule has 1 N–H and O–H groups in total. The maximum absolute atomic E-state index is 12.1. The van der Waals surface area contributed by atoms with Crippen molar-refractivity contribution in [2.45, 2.75) is 25.7 Å². The molecule has 1 heterocycles. The van der Waals surface area contributed by atoms with Crippen LogP contribution in [-0.2, 0) is 22.4 Å². The van der Waals surface area contributed by atoms with Crippen molar-refractivity contribution in [1.29, 1.82) is 5.26 Å². The van der Waals surface area contributed by atoms with Gasteiger partial charge in [0.25, 0.3) is 5.91 Å². The number of nitriles is 1. The Bertz CT molecular complexity index is 846. The highest BCUT2D eigenvalue weighted by Crippen LogP contribution is 2.30. The Kier molecular flexibility index (Phi) is 5.37. The number of nitrogens with one attached hydrogen (secondary N) is 1. The molecule has 1 aliphatic carbocycles. The molecule has 0 unspecified atom stereocenters. The van der Waals surface area contributed by atoms with Crippen LogP contribution in [0.25, 0.3) is 0 Å². The number of hydrogen-bond donors (Lipinski definition) is 1. The number of aryl methyl sites for hydroxylation is 2. The number of benzene rings is 1. The van der Waals surface area contributed by atoms with Crippen LogP contribution in [0.5, 0.6) is 0 Å². The molecule has 5 nitrogen and oxygen atoms in total. The average molecular weight is 375 g/mol. The number of fused-ring (bicyclic) bond motifs is 1. The molecule has 1 aliphatic rings. The van der Waals surface area contributed by atoms with Gasteiger partial charge >= 0.3 is 5.97 Å². The predicted molar refractivity (Wildman–Crippen MR) is 96.0 cm³/mol. The molecular formula is C18H15ClN2O3S. The Morgan fingerprint density at radius 1 is 1.28 bits per heavy atom. The maximum atomic E-state index is 12.1. The van der Waals surface area contributed by atoms with E-state index in [1.807, 2.05) is 12.1 Å². The van der Waals surface area contributed by atoms with E-state index >= 15 is 0 Å². The lowest BCUT2D eigenvalue weighted by atomic mass is 9.99. The van der Waals surface area contributed by atoms with E-state index in [2.05, 4.69) is 5.32 Å². The topological polar surface area (TPSA) is 79.2 Å². The molecule has 3 rings (SSSR count). The Hall–Kier alpha value is -2.36. The standard InChI is InChI=1S/C18H15ClN2O3S/c19-13-6-5-12(9-20)14(8-13)21-17(22)10-24-18(23)16-7-11-3-1-2-4-15(11)25-16/h5-8H,1-4,10H2,(H,21,22). The summed E-state index contributed by atoms with van der Waals surface area (Å²) in [6.07, 6.45) is 4.28. The van der Waals surface area contributed by atoms with Gasteiger partial charge in [-0.15, -0.1) is 11.3 Å². The van der Waals surface area contributed by atoms with Crippen molar-refractivity contribution in [3.05, 3.63) is 50.2 Å². The van der Waals surface area contributed by atoms with Crippen molar-refractivity contribution < 1.29 is 14.3 Å². The van der Waals surface area contributed by atoms with Gasteiger partial charge in [0.2, 0.25) is 0 Å². The number of carbonyl (C=O) groups is 2. The van der Waals surface area contributed by atoms with Gasteiger partial charge in [-0.1, -0.05) is 11.6 Å². The van der Waals surface area contributed by atoms with E-state index in [0.29, 0.717) is 15.6 Å². The number of amides is 1. The van der Waals surface area contributed by atoms with E-state index in [1.54, 1.807) is 6.07 Å². The second-order valence-electron chi connectivity index (χ2n) is 5.69. The minimum atomic E-state index is -0.520. The van der Waals surface area contributed by atoms with E-state index < -0.39 is 18.5 Å². The summed E-state index contributed by atoms with van der Waals surface area (Å²) in [6, 6.07) is 8.39. The lowest BCUT2D eigenvalue weighted by Gasteiger charge is -2.08. The molecular weight excluding hydrogens is 360 g/mol. The molecule has 2 aromatic rings. The molecule has 0 fully saturated rings. The van der Waals surface area contributed by atoms with Gasteiger partial charge in [0.15, 0.2) is 6.61 Å². The molecule has 128 valence electrons. The van der Waals surface area contributed by atoms with Crippen molar-refractivity contribution >= 4 is 40.5 Å². The molecule has 0 radical (unpaired) electrons. The molecule has 7 heteroatoms. The minimum absolute atomic E-state index is 0.287. The van der Waals surface area contributed by atoms with Crippen LogP contribution in [0, 0.1) is 11.3 Å². The van der Waals surface area contributed by atoms with Crippen LogP contribution >= 0.6 is 22.9 Å². The van der Waals surface area contributed by atoms with Crippen molar-refractivity contribution in [1.82, 2.24) is 0 Å². The van der Waals surface area contributed by atoms with Crippen molar-refractivity contribution in [2.75, 3.05) is 11.9 Å². The van der Waals surface area contributed by atoms with Gasteiger partial charge in [0.05, 0.1) is 11.3 Å². The summed E-state index contributed by atoms with van der Waals surface area (Å²) in [5.41, 5.74) is 1.79. The van der Waals surface area contributed by atoms with Crippen LogP contribution in [0.2, 0.25) is 5.02 Å². The number of hydrogen-bond acceptors (Lipinski definition) is 5. The molecule has 1 amide bonds. The smallest absolute Gasteiger partial charge is 0.348 e. The second kappa shape index (κ2) is 7.68. The highest BCUT2D eigenvalue weighted by Gasteiger charge is 2.19. The molecule has 0 saturated carbocycles. The first-order chi connectivity index (χ1) is 12.1. The summed E-state index contributed by atoms with van der Waals surface area (Å²) in [7, 11) is 0. The van der Waals surface area contributed by atoms with E-state index in [9.17, 15) is 9.59 Å². The molecule has 1 aromatic carbocycles. The summed E-state index contributed by atoms with van der Waals surface area (Å²) in [5, 5.41) is 12.0. The van der Waals surface area contributed by atoms with Crippen molar-refractivity contribution in [3.8, 4) is 6.07 Å². The summed E-state index contributed by atoms with van der Waals surface area (Å²) in [4.78, 5) is 25.9. The molecule has 0 aliphatic heterocycles. The van der Waals surface area contributed by atoms with Crippen LogP contribution < -0.4 is 5.32 Å². The Balaban J connectivity index is 1.59. The Labute approximate surface area is 154 Å². The quantitative estimate of drug-likeness (QED) is 0.822. The highest BCUT2D eigenvalue weighted by atomic mass is 35.5. The number of thiophene rings is 1. The van der Waals surface area contributed by atoms with Crippen molar-refractivity contribution in [3.63, 3.8) is 0 Å². The van der Waals surface area contributed by atoms with E-state index in [-0.39, 0.29) is 5.56 Å². The zero-order valence-corrected chi connectivity index (χ0v) is 14.9. The van der Waals surface area contributed by atoms with Crippen LogP contribution in [0.1, 0.15) is 38.5 Å². The SMILES string of the molecule is N#Cc1ccc(Cl)cc1NC(=O)COC(=O)c1cc2c(s1)CCCC2. The van der Waals surface area contributed by atoms with Crippen LogP contribution in [0.15, 0.2) is 24.3 Å². The van der Waals surface area contributed by atoms with E-state index in [4.69, 9.17) is 21.6 Å². The molecule has 0 saturated heterocycles. The molecule has 0 bridgehead atoms. The third-order valence-corrected chi connectivity index (χ3v) is 5.36. The summed E-state index contributed by atoms with van der Waals surface area (Å²) < 4.78 is 5.09. The largest absolute Gasteiger partial charge is 0.451 e. The highest BCUT2D eigenvalue weighted by molar-refractivity contribution is 7.14. The fourth-order valence-electron chi connectivity index (χ4n) is 2.70. The predicted octanol–water partition coefficient (Wildman–Crippen LogP) is 3.95. The summed E-state index contributed by atoms with van der Waals surface area (Å²) in [5.74, 6) is -1.02. The van der Waals surface area contributed by atoms with Gasteiger partial charge in [-0.2, -0.15) is 5.26 Å². The number of esters is 1. The number of ether oxygens (including phenoxy) is 1. The summed E-state index contributed by atoms with van der Waals surface area (Å²) in [6.45, 7) is -0.418. The van der Waals surface area contributed by atoms with Crippen LogP contribution in [0.4, 0.5) is 5.69 Å². The Morgan fingerprint density at radius 3 is 2.84 bits per heavy atom. The first-order valence-corrected chi connectivity index (χ1v) is 9.04. The number of anilines is 1. The fraction of sp³-hybridized carbons (Fsp3) is 0.278. The molecule has 25 heavy (non-hydrogen) atoms. The van der Waals surface area contributed by atoms with Crippen molar-refractivity contribution in [2.24, 2.45) is 0 Å². The minimum Gasteiger partial charge on any atom is -0.451 e. The van der Waals surface area contributed by atoms with E-state index in [0.717, 1.165) is 25.7 Å².